The number of nitrogens with one attached hydrogen (secondary N) is 2. The van der Waals surface area contributed by atoms with Crippen LogP contribution < -0.4 is 10.0 Å². The highest BCUT2D eigenvalue weighted by molar-refractivity contribution is 7.92. The first-order valence-electron chi connectivity index (χ1n) is 12.4. The lowest BCUT2D eigenvalue weighted by molar-refractivity contribution is -0.134. The number of carbonyl (C=O) groups excluding carboxylic acids is 1. The summed E-state index contributed by atoms with van der Waals surface area (Å²) in [5.74, 6) is -6.70. The largest absolute Gasteiger partial charge is 0.511 e. The van der Waals surface area contributed by atoms with Crippen LogP contribution >= 0.6 is 0 Å². The molecule has 2 unspecified atom stereocenters. The van der Waals surface area contributed by atoms with Gasteiger partial charge in [-0.1, -0.05) is 6.07 Å². The third-order valence-electron chi connectivity index (χ3n) is 8.00. The van der Waals surface area contributed by atoms with Crippen LogP contribution in [0.5, 0.6) is 0 Å². The van der Waals surface area contributed by atoms with Crippen LogP contribution in [0, 0.1) is 35.2 Å². The van der Waals surface area contributed by atoms with Gasteiger partial charge in [-0.15, -0.1) is 4.40 Å². The third-order valence-corrected chi connectivity index (χ3v) is 9.92. The number of anilines is 2. The Morgan fingerprint density at radius 1 is 1.12 bits per heavy atom. The summed E-state index contributed by atoms with van der Waals surface area (Å²) in [4.78, 5) is 14.8. The van der Waals surface area contributed by atoms with E-state index in [2.05, 4.69) is 14.4 Å². The average molecular weight is 597 g/mol. The number of halogens is 3. The van der Waals surface area contributed by atoms with Crippen molar-refractivity contribution in [3.63, 3.8) is 0 Å². The third kappa shape index (κ3) is 4.22. The van der Waals surface area contributed by atoms with Gasteiger partial charge in [-0.05, 0) is 55.4 Å². The van der Waals surface area contributed by atoms with Crippen molar-refractivity contribution in [3.05, 3.63) is 64.7 Å². The second-order valence-electron chi connectivity index (χ2n) is 10.5. The number of nitrogens with zero attached hydrogens (tertiary/aromatic N) is 2. The second-order valence-corrected chi connectivity index (χ2v) is 13.8. The molecule has 2 heterocycles. The van der Waals surface area contributed by atoms with E-state index in [-0.39, 0.29) is 39.4 Å². The number of hydrogen-bond donors (Lipinski definition) is 3. The Labute approximate surface area is 227 Å². The van der Waals surface area contributed by atoms with Crippen LogP contribution in [0.3, 0.4) is 0 Å². The molecule has 15 heteroatoms. The Balaban J connectivity index is 1.42. The molecule has 2 aliphatic carbocycles. The first-order valence-corrected chi connectivity index (χ1v) is 15.7. The number of carbonyl (C=O) groups is 1. The van der Waals surface area contributed by atoms with Crippen LogP contribution in [0.15, 0.2) is 51.0 Å². The molecule has 10 nitrogen and oxygen atoms in total. The Bertz CT molecular complexity index is 1760. The van der Waals surface area contributed by atoms with Crippen molar-refractivity contribution in [1.29, 1.82) is 0 Å². The number of hydrogen-bond acceptors (Lipinski definition) is 7. The van der Waals surface area contributed by atoms with Crippen molar-refractivity contribution >= 4 is 43.2 Å². The quantitative estimate of drug-likeness (QED) is 0.450. The van der Waals surface area contributed by atoms with Gasteiger partial charge in [-0.2, -0.15) is 8.42 Å². The fourth-order valence-electron chi connectivity index (χ4n) is 6.47. The van der Waals surface area contributed by atoms with Crippen molar-refractivity contribution in [2.24, 2.45) is 22.2 Å². The highest BCUT2D eigenvalue weighted by Crippen LogP contribution is 2.55. The van der Waals surface area contributed by atoms with E-state index in [1.807, 2.05) is 0 Å². The molecule has 0 saturated heterocycles. The van der Waals surface area contributed by atoms with E-state index in [1.165, 1.54) is 17.0 Å². The SMILES string of the molecule is CS(=O)(=O)Nc1ccc2c(c1)S(=O)(=O)N=C(C1=C(O)C3C([C@@H]4CC[C@H]3C4)N(Cc3ccc(F)c(F)c3F)C1=O)N2. The molecule has 2 fully saturated rings. The topological polar surface area (TPSA) is 145 Å². The molecule has 0 spiro atoms. The molecule has 212 valence electrons. The van der Waals surface area contributed by atoms with Crippen LogP contribution in [0.2, 0.25) is 0 Å². The summed E-state index contributed by atoms with van der Waals surface area (Å²) in [6.45, 7) is -0.430. The highest BCUT2D eigenvalue weighted by atomic mass is 32.2. The van der Waals surface area contributed by atoms with E-state index in [0.717, 1.165) is 37.3 Å². The molecule has 0 aromatic heterocycles. The lowest BCUT2D eigenvalue weighted by atomic mass is 9.77. The van der Waals surface area contributed by atoms with Gasteiger partial charge in [0, 0.05) is 29.8 Å². The monoisotopic (exact) mass is 596 g/mol. The van der Waals surface area contributed by atoms with Crippen LogP contribution in [-0.4, -0.2) is 50.9 Å². The summed E-state index contributed by atoms with van der Waals surface area (Å²) in [7, 11) is -8.17. The smallest absolute Gasteiger partial charge is 0.286 e. The van der Waals surface area contributed by atoms with Gasteiger partial charge in [0.15, 0.2) is 23.3 Å². The molecule has 40 heavy (non-hydrogen) atoms. The molecule has 2 aliphatic heterocycles. The van der Waals surface area contributed by atoms with Gasteiger partial charge in [0.05, 0.1) is 11.9 Å². The van der Waals surface area contributed by atoms with Gasteiger partial charge in [0.2, 0.25) is 10.0 Å². The summed E-state index contributed by atoms with van der Waals surface area (Å²) in [5, 5.41) is 14.1. The van der Waals surface area contributed by atoms with Crippen molar-refractivity contribution in [1.82, 2.24) is 4.90 Å². The van der Waals surface area contributed by atoms with Crippen molar-refractivity contribution < 1.29 is 39.9 Å². The Hall–Kier alpha value is -3.59. The van der Waals surface area contributed by atoms with Gasteiger partial charge in [0.1, 0.15) is 16.2 Å². The molecule has 2 bridgehead atoms. The van der Waals surface area contributed by atoms with E-state index < -0.39 is 73.3 Å². The first kappa shape index (κ1) is 26.6. The van der Waals surface area contributed by atoms with Crippen LogP contribution in [0.25, 0.3) is 0 Å². The van der Waals surface area contributed by atoms with Gasteiger partial charge in [-0.3, -0.25) is 9.52 Å². The van der Waals surface area contributed by atoms with E-state index in [4.69, 9.17) is 0 Å². The number of aliphatic hydroxyl groups is 1. The maximum atomic E-state index is 14.6. The molecular weight excluding hydrogens is 573 g/mol. The summed E-state index contributed by atoms with van der Waals surface area (Å²) in [5.41, 5.74) is -0.711. The Kier molecular flexibility index (Phi) is 5.96. The maximum absolute atomic E-state index is 14.6. The predicted molar refractivity (Wildman–Crippen MR) is 138 cm³/mol. The number of amides is 1. The van der Waals surface area contributed by atoms with E-state index in [9.17, 15) is 39.9 Å². The number of rotatable bonds is 5. The minimum absolute atomic E-state index is 0.00887. The van der Waals surface area contributed by atoms with Crippen molar-refractivity contribution in [2.45, 2.75) is 36.7 Å². The zero-order chi connectivity index (χ0) is 28.7. The van der Waals surface area contributed by atoms with Crippen LogP contribution in [0.4, 0.5) is 24.5 Å². The van der Waals surface area contributed by atoms with Crippen LogP contribution in [0.1, 0.15) is 24.8 Å². The number of sulfonamides is 2. The summed E-state index contributed by atoms with van der Waals surface area (Å²) in [6.07, 6.45) is 3.12. The summed E-state index contributed by atoms with van der Waals surface area (Å²) in [6, 6.07) is 4.93. The molecule has 2 aromatic carbocycles. The maximum Gasteiger partial charge on any atom is 0.286 e. The molecular formula is C25H23F3N4O6S2. The minimum atomic E-state index is -4.47. The zero-order valence-corrected chi connectivity index (χ0v) is 22.5. The lowest BCUT2D eigenvalue weighted by Gasteiger charge is -2.44. The van der Waals surface area contributed by atoms with Crippen molar-refractivity contribution in [3.8, 4) is 0 Å². The predicted octanol–water partition coefficient (Wildman–Crippen LogP) is 3.26. The Morgan fingerprint density at radius 2 is 1.85 bits per heavy atom. The molecule has 3 N–H and O–H groups in total. The van der Waals surface area contributed by atoms with Gasteiger partial charge < -0.3 is 15.3 Å². The normalized spacial score (nSPS) is 26.8. The fourth-order valence-corrected chi connectivity index (χ4v) is 8.17. The van der Waals surface area contributed by atoms with E-state index in [0.29, 0.717) is 6.42 Å². The van der Waals surface area contributed by atoms with Crippen LogP contribution in [-0.2, 0) is 31.4 Å². The number of fused-ring (bicyclic) bond motifs is 6. The lowest BCUT2D eigenvalue weighted by Crippen LogP contribution is -2.53. The van der Waals surface area contributed by atoms with E-state index in [1.54, 1.807) is 0 Å². The van der Waals surface area contributed by atoms with Gasteiger partial charge in [-0.25, -0.2) is 21.6 Å². The number of benzene rings is 2. The Morgan fingerprint density at radius 3 is 2.58 bits per heavy atom. The molecule has 4 atom stereocenters. The van der Waals surface area contributed by atoms with Gasteiger partial charge in [0.25, 0.3) is 15.9 Å². The molecule has 4 aliphatic rings. The summed E-state index contributed by atoms with van der Waals surface area (Å²) < 4.78 is 97.5. The highest BCUT2D eigenvalue weighted by Gasteiger charge is 2.57. The molecule has 1 amide bonds. The molecule has 2 saturated carbocycles. The first-order chi connectivity index (χ1) is 18.7. The van der Waals surface area contributed by atoms with E-state index >= 15 is 0 Å². The standard InChI is InChI=1S/C25H23F3N4O6S2/c1-39(35,36)30-14-5-7-16-17(9-14)40(37,38)31-24(29-16)19-23(33)18-11-2-3-12(8-11)22(18)32(25(19)34)10-13-4-6-15(26)21(28)20(13)27/h4-7,9,11-12,18,22,30,33H,2-3,8,10H2,1H3,(H,29,31)/t11-,12+,18?,22?/m0/s1. The van der Waals surface area contributed by atoms with Crippen molar-refractivity contribution in [2.75, 3.05) is 16.3 Å². The zero-order valence-electron chi connectivity index (χ0n) is 20.9. The number of aliphatic hydroxyl groups excluding tert-OH is 1. The van der Waals surface area contributed by atoms with Gasteiger partial charge >= 0.3 is 0 Å². The average Bonchev–Trinajstić information content (AvgIpc) is 3.48. The second kappa shape index (κ2) is 8.96. The summed E-state index contributed by atoms with van der Waals surface area (Å²) >= 11 is 0. The minimum Gasteiger partial charge on any atom is -0.511 e. The number of amidine groups is 1. The fraction of sp³-hybridized carbons (Fsp3) is 0.360. The molecule has 2 aromatic rings. The molecule has 0 radical (unpaired) electrons. The molecule has 6 rings (SSSR count).